The van der Waals surface area contributed by atoms with Gasteiger partial charge in [-0.15, -0.1) is 16.2 Å². The lowest BCUT2D eigenvalue weighted by Gasteiger charge is -2.27. The number of aliphatic hydroxyl groups is 1. The van der Waals surface area contributed by atoms with Gasteiger partial charge in [0.2, 0.25) is 0 Å². The molecule has 0 bridgehead atoms. The minimum Gasteiger partial charge on any atom is -0.502 e. The van der Waals surface area contributed by atoms with E-state index in [9.17, 15) is 14.8 Å². The number of rotatable bonds is 5. The molecule has 146 valence electrons. The number of thioether (sulfide) groups is 1. The summed E-state index contributed by atoms with van der Waals surface area (Å²) in [5.41, 5.74) is 1.57. The van der Waals surface area contributed by atoms with E-state index in [0.717, 1.165) is 17.3 Å². The van der Waals surface area contributed by atoms with Gasteiger partial charge >= 0.3 is 0 Å². The Balaban J connectivity index is 1.84. The van der Waals surface area contributed by atoms with Crippen molar-refractivity contribution in [1.29, 1.82) is 0 Å². The van der Waals surface area contributed by atoms with Gasteiger partial charge in [0.1, 0.15) is 5.69 Å². The smallest absolute Gasteiger partial charge is 0.294 e. The molecule has 1 unspecified atom stereocenters. The third-order valence-electron chi connectivity index (χ3n) is 4.34. The van der Waals surface area contributed by atoms with Crippen LogP contribution in [0.3, 0.4) is 0 Å². The number of hydrogen-bond acceptors (Lipinski definition) is 6. The molecule has 0 radical (unpaired) electrons. The van der Waals surface area contributed by atoms with Crippen molar-refractivity contribution >= 4 is 63.6 Å². The van der Waals surface area contributed by atoms with Crippen LogP contribution >= 0.6 is 46.3 Å². The van der Waals surface area contributed by atoms with E-state index in [1.54, 1.807) is 60.0 Å². The maximum Gasteiger partial charge on any atom is 0.294 e. The zero-order valence-corrected chi connectivity index (χ0v) is 17.7. The summed E-state index contributed by atoms with van der Waals surface area (Å²) in [6, 6.07) is 14.9. The average Bonchev–Trinajstić information content (AvgIpc) is 3.26. The molecule has 4 rings (SSSR count). The molecule has 9 heteroatoms. The molecule has 0 spiro atoms. The summed E-state index contributed by atoms with van der Waals surface area (Å²) in [7, 11) is 0. The number of anilines is 1. The molecule has 1 amide bonds. The van der Waals surface area contributed by atoms with Crippen LogP contribution in [0, 0.1) is 4.91 Å². The number of carbonyl (C=O) groups excluding carboxylic acids is 1. The second kappa shape index (κ2) is 8.20. The fraction of sp³-hybridized carbons (Fsp3) is 0.0500. The third-order valence-corrected chi connectivity index (χ3v) is 7.10. The largest absolute Gasteiger partial charge is 0.502 e. The van der Waals surface area contributed by atoms with E-state index in [0.29, 0.717) is 24.8 Å². The molecule has 1 aliphatic heterocycles. The van der Waals surface area contributed by atoms with Crippen LogP contribution in [-0.4, -0.2) is 11.0 Å². The van der Waals surface area contributed by atoms with Crippen LogP contribution < -0.4 is 4.90 Å². The average molecular weight is 463 g/mol. The van der Waals surface area contributed by atoms with Crippen LogP contribution in [0.2, 0.25) is 10.0 Å². The normalized spacial score (nSPS) is 16.6. The molecular weight excluding hydrogens is 451 g/mol. The quantitative estimate of drug-likeness (QED) is 0.410. The molecule has 2 aromatic carbocycles. The first-order valence-corrected chi connectivity index (χ1v) is 10.8. The first-order chi connectivity index (χ1) is 14.0. The van der Waals surface area contributed by atoms with Crippen LogP contribution in [0.25, 0.3) is 0 Å². The molecule has 3 aromatic rings. The van der Waals surface area contributed by atoms with Crippen molar-refractivity contribution in [3.63, 3.8) is 0 Å². The molecule has 5 nitrogen and oxygen atoms in total. The van der Waals surface area contributed by atoms with E-state index in [-0.39, 0.29) is 11.4 Å². The molecule has 0 saturated carbocycles. The predicted molar refractivity (Wildman–Crippen MR) is 118 cm³/mol. The Kier molecular flexibility index (Phi) is 5.65. The van der Waals surface area contributed by atoms with Crippen LogP contribution in [0.1, 0.15) is 11.6 Å². The Morgan fingerprint density at radius 2 is 1.83 bits per heavy atom. The van der Waals surface area contributed by atoms with Crippen molar-refractivity contribution in [3.8, 4) is 0 Å². The number of carbonyl (C=O) groups is 1. The fourth-order valence-corrected chi connectivity index (χ4v) is 5.49. The van der Waals surface area contributed by atoms with Gasteiger partial charge in [0, 0.05) is 15.7 Å². The number of halogens is 2. The number of thiophene rings is 1. The van der Waals surface area contributed by atoms with Gasteiger partial charge in [-0.1, -0.05) is 53.2 Å². The lowest BCUT2D eigenvalue weighted by Crippen LogP contribution is -2.30. The summed E-state index contributed by atoms with van der Waals surface area (Å²) in [5.74, 6) is -0.924. The fourth-order valence-electron chi connectivity index (χ4n) is 3.06. The number of benzene rings is 2. The Hall–Kier alpha value is -2.32. The predicted octanol–water partition coefficient (Wildman–Crippen LogP) is 7.10. The summed E-state index contributed by atoms with van der Waals surface area (Å²) < 4.78 is 0.598. The van der Waals surface area contributed by atoms with Crippen molar-refractivity contribution in [2.45, 2.75) is 10.3 Å². The maximum atomic E-state index is 13.0. The van der Waals surface area contributed by atoms with Gasteiger partial charge in [0.05, 0.1) is 15.2 Å². The van der Waals surface area contributed by atoms with E-state index in [1.807, 2.05) is 0 Å². The number of nitroso groups, excluding NO2 is 1. The summed E-state index contributed by atoms with van der Waals surface area (Å²) >= 11 is 14.6. The number of amides is 1. The van der Waals surface area contributed by atoms with E-state index in [2.05, 4.69) is 5.18 Å². The monoisotopic (exact) mass is 462 g/mol. The van der Waals surface area contributed by atoms with Crippen molar-refractivity contribution in [1.82, 2.24) is 0 Å². The summed E-state index contributed by atoms with van der Waals surface area (Å²) in [5, 5.41) is 16.5. The first kappa shape index (κ1) is 20.0. The molecule has 1 N–H and O–H groups in total. The Bertz CT molecular complexity index is 1130. The lowest BCUT2D eigenvalue weighted by molar-refractivity contribution is -0.117. The maximum absolute atomic E-state index is 13.0. The van der Waals surface area contributed by atoms with Crippen molar-refractivity contribution in [3.05, 3.63) is 91.2 Å². The summed E-state index contributed by atoms with van der Waals surface area (Å²) in [6.45, 7) is 0. The topological polar surface area (TPSA) is 70.0 Å². The Labute approximate surface area is 184 Å². The van der Waals surface area contributed by atoms with Crippen molar-refractivity contribution < 1.29 is 9.90 Å². The molecular formula is C20H12Cl2N2O3S2. The summed E-state index contributed by atoms with van der Waals surface area (Å²) in [4.78, 5) is 26.0. The third kappa shape index (κ3) is 3.79. The molecule has 1 atom stereocenters. The molecule has 29 heavy (non-hydrogen) atoms. The van der Waals surface area contributed by atoms with Gasteiger partial charge in [-0.25, -0.2) is 0 Å². The van der Waals surface area contributed by atoms with Crippen LogP contribution in [0.4, 0.5) is 11.4 Å². The van der Waals surface area contributed by atoms with Gasteiger partial charge in [0.15, 0.2) is 5.76 Å². The zero-order valence-electron chi connectivity index (χ0n) is 14.6. The van der Waals surface area contributed by atoms with E-state index in [1.165, 1.54) is 16.2 Å². The van der Waals surface area contributed by atoms with Gasteiger partial charge in [0.25, 0.3) is 5.91 Å². The van der Waals surface area contributed by atoms with Gasteiger partial charge in [-0.3, -0.25) is 9.69 Å². The Morgan fingerprint density at radius 1 is 1.07 bits per heavy atom. The van der Waals surface area contributed by atoms with Crippen molar-refractivity contribution in [2.75, 3.05) is 4.90 Å². The molecule has 1 aromatic heterocycles. The van der Waals surface area contributed by atoms with Gasteiger partial charge < -0.3 is 5.11 Å². The number of hydrogen-bond donors (Lipinski definition) is 1. The number of nitrogens with zero attached hydrogens (tertiary/aromatic N) is 2. The highest BCUT2D eigenvalue weighted by atomic mass is 35.5. The van der Waals surface area contributed by atoms with Crippen LogP contribution in [-0.2, 0) is 4.79 Å². The first-order valence-electron chi connectivity index (χ1n) is 8.36. The standard InChI is InChI=1S/C20H12Cl2N2O3S2/c21-12-6-4-11(5-7-12)16-18(29-20-15(23-27)8-9-28-20)17(25)19(26)24(16)14-3-1-2-13(22)10-14/h1-10,16,25H. The van der Waals surface area contributed by atoms with Gasteiger partial charge in [-0.2, -0.15) is 0 Å². The molecule has 1 aliphatic rings. The van der Waals surface area contributed by atoms with Crippen LogP contribution in [0.5, 0.6) is 0 Å². The van der Waals surface area contributed by atoms with Crippen molar-refractivity contribution in [2.24, 2.45) is 5.18 Å². The second-order valence-electron chi connectivity index (χ2n) is 6.11. The SMILES string of the molecule is O=Nc1ccsc1SC1=C(O)C(=O)N(c2cccc(Cl)c2)C1c1ccc(Cl)cc1. The Morgan fingerprint density at radius 3 is 2.52 bits per heavy atom. The van der Waals surface area contributed by atoms with Gasteiger partial charge in [-0.05, 0) is 52.5 Å². The zero-order chi connectivity index (χ0) is 20.5. The van der Waals surface area contributed by atoms with E-state index >= 15 is 0 Å². The molecule has 0 saturated heterocycles. The highest BCUT2D eigenvalue weighted by molar-refractivity contribution is 8.05. The number of aliphatic hydroxyl groups excluding tert-OH is 1. The molecule has 2 heterocycles. The molecule has 0 fully saturated rings. The highest BCUT2D eigenvalue weighted by Gasteiger charge is 2.42. The van der Waals surface area contributed by atoms with E-state index < -0.39 is 11.9 Å². The lowest BCUT2D eigenvalue weighted by atomic mass is 10.1. The van der Waals surface area contributed by atoms with E-state index in [4.69, 9.17) is 23.2 Å². The second-order valence-corrected chi connectivity index (χ2v) is 9.21. The van der Waals surface area contributed by atoms with Crippen LogP contribution in [0.15, 0.2) is 80.0 Å². The minimum atomic E-state index is -0.607. The summed E-state index contributed by atoms with van der Waals surface area (Å²) in [6.07, 6.45) is 0. The molecule has 0 aliphatic carbocycles. The highest BCUT2D eigenvalue weighted by Crippen LogP contribution is 2.51. The minimum absolute atomic E-state index is 0.267.